The van der Waals surface area contributed by atoms with Crippen molar-refractivity contribution >= 4 is 24.1 Å². The average molecular weight is 203 g/mol. The number of carboxylic acids is 1. The van der Waals surface area contributed by atoms with E-state index < -0.39 is 11.5 Å². The van der Waals surface area contributed by atoms with Gasteiger partial charge in [-0.1, -0.05) is 6.92 Å². The largest absolute Gasteiger partial charge is 0.481 e. The lowest BCUT2D eigenvalue weighted by molar-refractivity contribution is -0.139. The highest BCUT2D eigenvalue weighted by Gasteiger charge is 2.42. The summed E-state index contributed by atoms with van der Waals surface area (Å²) in [5.74, 6) is 0.968. The molecule has 0 spiro atoms. The van der Waals surface area contributed by atoms with Crippen LogP contribution in [0.4, 0.5) is 0 Å². The minimum Gasteiger partial charge on any atom is -0.481 e. The van der Waals surface area contributed by atoms with E-state index in [2.05, 4.69) is 5.32 Å². The van der Waals surface area contributed by atoms with Gasteiger partial charge in [0.2, 0.25) is 6.41 Å². The Kier molecular flexibility index (Phi) is 3.19. The molecule has 2 unspecified atom stereocenters. The summed E-state index contributed by atoms with van der Waals surface area (Å²) in [6.45, 7) is 1.97. The Balaban J connectivity index is 2.73. The molecule has 5 heteroatoms. The lowest BCUT2D eigenvalue weighted by Gasteiger charge is -2.30. The first-order valence-corrected chi connectivity index (χ1v) is 5.27. The number of rotatable bonds is 4. The van der Waals surface area contributed by atoms with Gasteiger partial charge in [0.1, 0.15) is 0 Å². The zero-order valence-corrected chi connectivity index (χ0v) is 8.26. The van der Waals surface area contributed by atoms with Crippen LogP contribution >= 0.6 is 11.8 Å². The van der Waals surface area contributed by atoms with E-state index in [-0.39, 0.29) is 12.3 Å². The Labute approximate surface area is 81.1 Å². The first kappa shape index (κ1) is 10.4. The van der Waals surface area contributed by atoms with E-state index in [9.17, 15) is 9.59 Å². The van der Waals surface area contributed by atoms with E-state index in [1.54, 1.807) is 11.8 Å². The summed E-state index contributed by atoms with van der Waals surface area (Å²) in [4.78, 5) is 21.0. The summed E-state index contributed by atoms with van der Waals surface area (Å²) in [5.41, 5.74) is -0.530. The maximum atomic E-state index is 10.6. The second kappa shape index (κ2) is 4.00. The number of hydrogen-bond donors (Lipinski definition) is 2. The molecule has 1 heterocycles. The lowest BCUT2D eigenvalue weighted by atomic mass is 9.85. The number of hydrogen-bond acceptors (Lipinski definition) is 3. The highest BCUT2D eigenvalue weighted by molar-refractivity contribution is 7.99. The van der Waals surface area contributed by atoms with Crippen molar-refractivity contribution in [2.45, 2.75) is 18.9 Å². The van der Waals surface area contributed by atoms with Crippen LogP contribution in [0.2, 0.25) is 0 Å². The van der Waals surface area contributed by atoms with Crippen LogP contribution in [0, 0.1) is 5.92 Å². The van der Waals surface area contributed by atoms with Crippen molar-refractivity contribution in [3.8, 4) is 0 Å². The molecule has 0 saturated carbocycles. The highest BCUT2D eigenvalue weighted by atomic mass is 32.2. The minimum absolute atomic E-state index is 0.0138. The van der Waals surface area contributed by atoms with E-state index in [1.807, 2.05) is 6.92 Å². The van der Waals surface area contributed by atoms with E-state index in [4.69, 9.17) is 5.11 Å². The standard InChI is InChI=1S/C8H13NO3S/c1-6-3-13-4-8(6,9-5-10)2-7(11)12/h5-6H,2-4H2,1H3,(H,9,10)(H,11,12). The van der Waals surface area contributed by atoms with Gasteiger partial charge in [0.15, 0.2) is 0 Å². The molecule has 2 N–H and O–H groups in total. The fraction of sp³-hybridized carbons (Fsp3) is 0.750. The molecule has 1 aliphatic rings. The number of thioether (sulfide) groups is 1. The van der Waals surface area contributed by atoms with Crippen LogP contribution in [0.15, 0.2) is 0 Å². The third-order valence-electron chi connectivity index (χ3n) is 2.48. The molecule has 0 aromatic heterocycles. The molecular weight excluding hydrogens is 190 g/mol. The van der Waals surface area contributed by atoms with Gasteiger partial charge in [0.05, 0.1) is 12.0 Å². The second-order valence-electron chi connectivity index (χ2n) is 3.41. The van der Waals surface area contributed by atoms with Crippen molar-refractivity contribution in [2.75, 3.05) is 11.5 Å². The molecule has 13 heavy (non-hydrogen) atoms. The van der Waals surface area contributed by atoms with Gasteiger partial charge in [0, 0.05) is 5.75 Å². The number of nitrogens with one attached hydrogen (secondary N) is 1. The second-order valence-corrected chi connectivity index (χ2v) is 4.44. The first-order valence-electron chi connectivity index (χ1n) is 4.11. The summed E-state index contributed by atoms with van der Waals surface area (Å²) in [7, 11) is 0. The van der Waals surface area contributed by atoms with Crippen LogP contribution in [0.1, 0.15) is 13.3 Å². The number of amides is 1. The Morgan fingerprint density at radius 1 is 1.85 bits per heavy atom. The molecule has 0 aromatic carbocycles. The summed E-state index contributed by atoms with van der Waals surface area (Å²) in [6.07, 6.45) is 0.616. The molecule has 74 valence electrons. The molecule has 0 bridgehead atoms. The van der Waals surface area contributed by atoms with Crippen LogP contribution < -0.4 is 5.32 Å². The third kappa shape index (κ3) is 2.15. The van der Waals surface area contributed by atoms with Gasteiger partial charge in [0.25, 0.3) is 0 Å². The Bertz CT molecular complexity index is 221. The van der Waals surface area contributed by atoms with Crippen LogP contribution in [0.25, 0.3) is 0 Å². The van der Waals surface area contributed by atoms with Crippen LogP contribution in [0.3, 0.4) is 0 Å². The molecule has 1 amide bonds. The van der Waals surface area contributed by atoms with Gasteiger partial charge >= 0.3 is 5.97 Å². The first-order chi connectivity index (χ1) is 6.10. The summed E-state index contributed by atoms with van der Waals surface area (Å²) >= 11 is 1.69. The molecule has 0 aliphatic carbocycles. The number of aliphatic carboxylic acids is 1. The molecule has 1 aliphatic heterocycles. The van der Waals surface area contributed by atoms with E-state index >= 15 is 0 Å². The smallest absolute Gasteiger partial charge is 0.305 e. The summed E-state index contributed by atoms with van der Waals surface area (Å²) in [6, 6.07) is 0. The Morgan fingerprint density at radius 3 is 2.92 bits per heavy atom. The van der Waals surface area contributed by atoms with Gasteiger partial charge < -0.3 is 10.4 Å². The van der Waals surface area contributed by atoms with Crippen molar-refractivity contribution in [1.82, 2.24) is 5.32 Å². The zero-order chi connectivity index (χ0) is 9.90. The zero-order valence-electron chi connectivity index (χ0n) is 7.45. The van der Waals surface area contributed by atoms with Crippen LogP contribution in [-0.2, 0) is 9.59 Å². The number of carbonyl (C=O) groups excluding carboxylic acids is 1. The van der Waals surface area contributed by atoms with Crippen molar-refractivity contribution < 1.29 is 14.7 Å². The maximum Gasteiger partial charge on any atom is 0.305 e. The molecule has 4 nitrogen and oxygen atoms in total. The predicted octanol–water partition coefficient (Wildman–Crippen LogP) is 0.329. The predicted molar refractivity (Wildman–Crippen MR) is 50.7 cm³/mol. The normalized spacial score (nSPS) is 32.8. The SMILES string of the molecule is CC1CSCC1(CC(=O)O)NC=O. The van der Waals surface area contributed by atoms with Crippen molar-refractivity contribution in [2.24, 2.45) is 5.92 Å². The van der Waals surface area contributed by atoms with E-state index in [1.165, 1.54) is 0 Å². The fourth-order valence-corrected chi connectivity index (χ4v) is 3.19. The molecule has 0 radical (unpaired) electrons. The van der Waals surface area contributed by atoms with Gasteiger partial charge in [-0.3, -0.25) is 9.59 Å². The Morgan fingerprint density at radius 2 is 2.54 bits per heavy atom. The van der Waals surface area contributed by atoms with Gasteiger partial charge in [-0.15, -0.1) is 0 Å². The van der Waals surface area contributed by atoms with Gasteiger partial charge in [-0.2, -0.15) is 11.8 Å². The molecule has 1 fully saturated rings. The third-order valence-corrected chi connectivity index (χ3v) is 3.94. The minimum atomic E-state index is -0.858. The topological polar surface area (TPSA) is 66.4 Å². The van der Waals surface area contributed by atoms with Gasteiger partial charge in [-0.25, -0.2) is 0 Å². The molecule has 1 saturated heterocycles. The fourth-order valence-electron chi connectivity index (χ4n) is 1.57. The number of carbonyl (C=O) groups is 2. The summed E-state index contributed by atoms with van der Waals surface area (Å²) < 4.78 is 0. The van der Waals surface area contributed by atoms with Crippen molar-refractivity contribution in [3.63, 3.8) is 0 Å². The van der Waals surface area contributed by atoms with Gasteiger partial charge in [-0.05, 0) is 11.7 Å². The molecule has 1 rings (SSSR count). The van der Waals surface area contributed by atoms with Crippen LogP contribution in [0.5, 0.6) is 0 Å². The van der Waals surface area contributed by atoms with Crippen molar-refractivity contribution in [3.05, 3.63) is 0 Å². The maximum absolute atomic E-state index is 10.6. The average Bonchev–Trinajstić information content (AvgIpc) is 2.32. The molecule has 0 aromatic rings. The monoisotopic (exact) mass is 203 g/mol. The van der Waals surface area contributed by atoms with E-state index in [0.717, 1.165) is 5.75 Å². The van der Waals surface area contributed by atoms with Crippen LogP contribution in [-0.4, -0.2) is 34.5 Å². The molecular formula is C8H13NO3S. The molecule has 2 atom stereocenters. The Hall–Kier alpha value is -0.710. The quantitative estimate of drug-likeness (QED) is 0.646. The number of carboxylic acid groups (broad SMARTS) is 1. The van der Waals surface area contributed by atoms with E-state index in [0.29, 0.717) is 12.2 Å². The van der Waals surface area contributed by atoms with Crippen molar-refractivity contribution in [1.29, 1.82) is 0 Å². The highest BCUT2D eigenvalue weighted by Crippen LogP contribution is 2.35. The summed E-state index contributed by atoms with van der Waals surface area (Å²) in [5, 5.41) is 11.4. The lowest BCUT2D eigenvalue weighted by Crippen LogP contribution is -2.51.